The standard InChI is InChI=1S/C23H29N3O3/c1-18(27)24-22(20-6-4-3-5-7-20)16-23(28)25(2)17-19-8-10-21(11-9-19)26-12-14-29-15-13-26/h3-11,22H,12-17H2,1-2H3,(H,24,27). The Balaban J connectivity index is 1.59. The highest BCUT2D eigenvalue weighted by Crippen LogP contribution is 2.20. The fourth-order valence-electron chi connectivity index (χ4n) is 3.51. The van der Waals surface area contributed by atoms with Crippen LogP contribution in [-0.4, -0.2) is 50.1 Å². The molecule has 1 N–H and O–H groups in total. The second-order valence-electron chi connectivity index (χ2n) is 7.38. The number of nitrogens with one attached hydrogen (secondary N) is 1. The van der Waals surface area contributed by atoms with Crippen LogP contribution in [0.5, 0.6) is 0 Å². The first-order valence-electron chi connectivity index (χ1n) is 10.0. The van der Waals surface area contributed by atoms with E-state index in [1.54, 1.807) is 11.9 Å². The molecule has 0 saturated carbocycles. The predicted octanol–water partition coefficient (Wildman–Crippen LogP) is 2.75. The average molecular weight is 396 g/mol. The zero-order chi connectivity index (χ0) is 20.6. The summed E-state index contributed by atoms with van der Waals surface area (Å²) in [6.45, 7) is 5.33. The third-order valence-corrected chi connectivity index (χ3v) is 5.12. The Hall–Kier alpha value is -2.86. The van der Waals surface area contributed by atoms with E-state index < -0.39 is 0 Å². The van der Waals surface area contributed by atoms with Crippen LogP contribution in [0.4, 0.5) is 5.69 Å². The van der Waals surface area contributed by atoms with Crippen LogP contribution in [0.1, 0.15) is 30.5 Å². The van der Waals surface area contributed by atoms with E-state index in [0.717, 1.165) is 37.4 Å². The van der Waals surface area contributed by atoms with Crippen LogP contribution in [0, 0.1) is 0 Å². The first-order chi connectivity index (χ1) is 14.0. The molecule has 2 aromatic carbocycles. The number of rotatable bonds is 7. The Labute approximate surface area is 172 Å². The molecule has 1 unspecified atom stereocenters. The van der Waals surface area contributed by atoms with E-state index in [-0.39, 0.29) is 24.3 Å². The van der Waals surface area contributed by atoms with Crippen LogP contribution >= 0.6 is 0 Å². The Morgan fingerprint density at radius 2 is 1.72 bits per heavy atom. The van der Waals surface area contributed by atoms with E-state index in [4.69, 9.17) is 4.74 Å². The normalized spacial score (nSPS) is 14.9. The molecule has 1 fully saturated rings. The van der Waals surface area contributed by atoms with Gasteiger partial charge in [-0.2, -0.15) is 0 Å². The molecule has 3 rings (SSSR count). The van der Waals surface area contributed by atoms with Crippen LogP contribution in [0.15, 0.2) is 54.6 Å². The summed E-state index contributed by atoms with van der Waals surface area (Å²) in [6, 6.07) is 17.6. The molecule has 0 radical (unpaired) electrons. The fourth-order valence-corrected chi connectivity index (χ4v) is 3.51. The maximum Gasteiger partial charge on any atom is 0.225 e. The molecule has 0 bridgehead atoms. The fraction of sp³-hybridized carbons (Fsp3) is 0.391. The summed E-state index contributed by atoms with van der Waals surface area (Å²) in [7, 11) is 1.80. The van der Waals surface area contributed by atoms with Crippen molar-refractivity contribution in [3.63, 3.8) is 0 Å². The van der Waals surface area contributed by atoms with E-state index in [0.29, 0.717) is 6.54 Å². The number of amides is 2. The Bertz CT molecular complexity index is 802. The number of nitrogens with zero attached hydrogens (tertiary/aromatic N) is 2. The minimum atomic E-state index is -0.327. The van der Waals surface area contributed by atoms with Crippen LogP contribution in [0.2, 0.25) is 0 Å². The molecule has 0 aromatic heterocycles. The van der Waals surface area contributed by atoms with Crippen molar-refractivity contribution < 1.29 is 14.3 Å². The molecular formula is C23H29N3O3. The first-order valence-corrected chi connectivity index (χ1v) is 10.0. The van der Waals surface area contributed by atoms with Crippen molar-refractivity contribution in [2.75, 3.05) is 38.3 Å². The molecule has 6 heteroatoms. The summed E-state index contributed by atoms with van der Waals surface area (Å²) in [5, 5.41) is 2.89. The van der Waals surface area contributed by atoms with Crippen molar-refractivity contribution >= 4 is 17.5 Å². The second kappa shape index (κ2) is 10.1. The van der Waals surface area contributed by atoms with Gasteiger partial charge < -0.3 is 19.9 Å². The largest absolute Gasteiger partial charge is 0.378 e. The van der Waals surface area contributed by atoms with Crippen LogP contribution < -0.4 is 10.2 Å². The summed E-state index contributed by atoms with van der Waals surface area (Å²) in [4.78, 5) is 28.4. The van der Waals surface area contributed by atoms with Gasteiger partial charge >= 0.3 is 0 Å². The molecule has 154 valence electrons. The Kier molecular flexibility index (Phi) is 7.25. The minimum absolute atomic E-state index is 0.00939. The molecule has 0 aliphatic carbocycles. The van der Waals surface area contributed by atoms with Gasteiger partial charge in [-0.3, -0.25) is 9.59 Å². The Morgan fingerprint density at radius 3 is 2.34 bits per heavy atom. The number of carbonyl (C=O) groups excluding carboxylic acids is 2. The van der Waals surface area contributed by atoms with Crippen molar-refractivity contribution in [1.82, 2.24) is 10.2 Å². The summed E-state index contributed by atoms with van der Waals surface area (Å²) >= 11 is 0. The molecule has 1 heterocycles. The molecule has 0 spiro atoms. The molecule has 1 atom stereocenters. The van der Waals surface area contributed by atoms with E-state index >= 15 is 0 Å². The molecule has 1 saturated heterocycles. The maximum atomic E-state index is 12.8. The van der Waals surface area contributed by atoms with Crippen molar-refractivity contribution in [2.24, 2.45) is 0 Å². The molecule has 6 nitrogen and oxygen atoms in total. The molecule has 1 aliphatic rings. The zero-order valence-electron chi connectivity index (χ0n) is 17.1. The van der Waals surface area contributed by atoms with Crippen molar-refractivity contribution in [2.45, 2.75) is 25.9 Å². The van der Waals surface area contributed by atoms with Gasteiger partial charge in [0.25, 0.3) is 0 Å². The van der Waals surface area contributed by atoms with Crippen LogP contribution in [0.3, 0.4) is 0 Å². The topological polar surface area (TPSA) is 61.9 Å². The van der Waals surface area contributed by atoms with Crippen molar-refractivity contribution in [3.8, 4) is 0 Å². The molecular weight excluding hydrogens is 366 g/mol. The Morgan fingerprint density at radius 1 is 1.07 bits per heavy atom. The van der Waals surface area contributed by atoms with E-state index in [9.17, 15) is 9.59 Å². The number of anilines is 1. The first kappa shape index (κ1) is 20.9. The number of ether oxygens (including phenoxy) is 1. The predicted molar refractivity (Wildman–Crippen MR) is 114 cm³/mol. The highest BCUT2D eigenvalue weighted by Gasteiger charge is 2.20. The number of hydrogen-bond acceptors (Lipinski definition) is 4. The zero-order valence-corrected chi connectivity index (χ0v) is 17.1. The molecule has 29 heavy (non-hydrogen) atoms. The summed E-state index contributed by atoms with van der Waals surface area (Å²) < 4.78 is 5.40. The lowest BCUT2D eigenvalue weighted by molar-refractivity contribution is -0.131. The van der Waals surface area contributed by atoms with Crippen molar-refractivity contribution in [3.05, 3.63) is 65.7 Å². The van der Waals surface area contributed by atoms with Gasteiger partial charge in [0.15, 0.2) is 0 Å². The number of morpholine rings is 1. The van der Waals surface area contributed by atoms with Crippen LogP contribution in [0.25, 0.3) is 0 Å². The lowest BCUT2D eigenvalue weighted by Gasteiger charge is -2.29. The summed E-state index contributed by atoms with van der Waals surface area (Å²) in [6.07, 6.45) is 0.228. The third-order valence-electron chi connectivity index (χ3n) is 5.12. The SMILES string of the molecule is CC(=O)NC(CC(=O)N(C)Cc1ccc(N2CCOCC2)cc1)c1ccccc1. The third kappa shape index (κ3) is 6.06. The smallest absolute Gasteiger partial charge is 0.225 e. The lowest BCUT2D eigenvalue weighted by Crippen LogP contribution is -2.36. The monoisotopic (exact) mass is 395 g/mol. The van der Waals surface area contributed by atoms with E-state index in [2.05, 4.69) is 34.5 Å². The van der Waals surface area contributed by atoms with Crippen LogP contribution in [-0.2, 0) is 20.9 Å². The average Bonchev–Trinajstić information content (AvgIpc) is 2.74. The maximum absolute atomic E-state index is 12.8. The van der Waals surface area contributed by atoms with E-state index in [1.807, 2.05) is 30.3 Å². The van der Waals surface area contributed by atoms with Gasteiger partial charge in [-0.05, 0) is 23.3 Å². The van der Waals surface area contributed by atoms with Gasteiger partial charge in [-0.15, -0.1) is 0 Å². The number of hydrogen-bond donors (Lipinski definition) is 1. The van der Waals surface area contributed by atoms with Crippen molar-refractivity contribution in [1.29, 1.82) is 0 Å². The lowest BCUT2D eigenvalue weighted by atomic mass is 10.0. The van der Waals surface area contributed by atoms with E-state index in [1.165, 1.54) is 12.6 Å². The molecule has 2 aromatic rings. The van der Waals surface area contributed by atoms with Gasteiger partial charge in [0.05, 0.1) is 25.7 Å². The molecule has 1 aliphatic heterocycles. The van der Waals surface area contributed by atoms with Gasteiger partial charge in [0, 0.05) is 39.3 Å². The van der Waals surface area contributed by atoms with Gasteiger partial charge in [-0.1, -0.05) is 42.5 Å². The highest BCUT2D eigenvalue weighted by atomic mass is 16.5. The number of benzene rings is 2. The number of carbonyl (C=O) groups is 2. The van der Waals surface area contributed by atoms with Gasteiger partial charge in [0.2, 0.25) is 11.8 Å². The summed E-state index contributed by atoms with van der Waals surface area (Å²) in [5.41, 5.74) is 3.19. The quantitative estimate of drug-likeness (QED) is 0.783. The highest BCUT2D eigenvalue weighted by molar-refractivity contribution is 5.79. The van der Waals surface area contributed by atoms with Gasteiger partial charge in [0.1, 0.15) is 0 Å². The molecule has 2 amide bonds. The second-order valence-corrected chi connectivity index (χ2v) is 7.38. The summed E-state index contributed by atoms with van der Waals surface area (Å²) in [5.74, 6) is -0.155. The minimum Gasteiger partial charge on any atom is -0.378 e. The van der Waals surface area contributed by atoms with Gasteiger partial charge in [-0.25, -0.2) is 0 Å².